The van der Waals surface area contributed by atoms with Crippen LogP contribution in [0.2, 0.25) is 15.2 Å². The van der Waals surface area contributed by atoms with Crippen molar-refractivity contribution in [3.8, 4) is 0 Å². The summed E-state index contributed by atoms with van der Waals surface area (Å²) in [5, 5.41) is 0.777. The molecular formula is C18H19Cl4N4O8-. The lowest BCUT2D eigenvalue weighted by molar-refractivity contribution is -0.155. The average molecular weight is 561 g/mol. The normalized spacial score (nSPS) is 9.06. The van der Waals surface area contributed by atoms with Gasteiger partial charge in [-0.25, -0.2) is 19.9 Å². The predicted octanol–water partition coefficient (Wildman–Crippen LogP) is -0.930. The van der Waals surface area contributed by atoms with E-state index in [0.29, 0.717) is 10.2 Å². The molecule has 2 rings (SSSR count). The summed E-state index contributed by atoms with van der Waals surface area (Å²) in [4.78, 5) is 58.0. The summed E-state index contributed by atoms with van der Waals surface area (Å²) < 4.78 is 17.3. The minimum Gasteiger partial charge on any atom is -1.00 e. The highest BCUT2D eigenvalue weighted by atomic mass is 35.5. The molecule has 12 nitrogen and oxygen atoms in total. The maximum absolute atomic E-state index is 11.4. The highest BCUT2D eigenvalue weighted by molar-refractivity contribution is 6.41. The second kappa shape index (κ2) is 18.6. The number of methoxy groups -OCH3 is 4. The van der Waals surface area contributed by atoms with E-state index in [4.69, 9.17) is 34.8 Å². The third-order valence-corrected chi connectivity index (χ3v) is 4.18. The molecule has 0 atom stereocenters. The number of esters is 4. The second-order valence-corrected chi connectivity index (χ2v) is 6.40. The van der Waals surface area contributed by atoms with Crippen molar-refractivity contribution < 1.29 is 50.5 Å². The lowest BCUT2D eigenvalue weighted by atomic mass is 10.1. The summed E-state index contributed by atoms with van der Waals surface area (Å²) in [7, 11) is 4.75. The van der Waals surface area contributed by atoms with Gasteiger partial charge in [-0.2, -0.15) is 0 Å². The predicted molar refractivity (Wildman–Crippen MR) is 115 cm³/mol. The van der Waals surface area contributed by atoms with Crippen molar-refractivity contribution in [3.63, 3.8) is 0 Å². The largest absolute Gasteiger partial charge is 1.00 e. The van der Waals surface area contributed by atoms with Gasteiger partial charge in [-0.05, 0) is 0 Å². The fraction of sp³-hybridized carbons (Fsp3) is 0.333. The SMILES string of the molecule is COC(=O)C(C(=O)OC)c1ncncc1Cl.COC(=O)CC(=O)OC.Clc1cncnc1Cl.[Cl-]. The molecule has 0 N–H and O–H groups in total. The molecule has 0 aliphatic heterocycles. The molecular weight excluding hydrogens is 542 g/mol. The summed E-state index contributed by atoms with van der Waals surface area (Å²) >= 11 is 16.7. The molecule has 0 bridgehead atoms. The molecule has 0 saturated heterocycles. The molecule has 0 amide bonds. The Kier molecular flexibility index (Phi) is 18.3. The molecule has 34 heavy (non-hydrogen) atoms. The monoisotopic (exact) mass is 559 g/mol. The van der Waals surface area contributed by atoms with E-state index < -0.39 is 29.8 Å². The minimum atomic E-state index is -1.29. The van der Waals surface area contributed by atoms with Gasteiger partial charge in [0.25, 0.3) is 0 Å². The first-order chi connectivity index (χ1) is 15.6. The third-order valence-electron chi connectivity index (χ3n) is 3.21. The van der Waals surface area contributed by atoms with E-state index in [9.17, 15) is 19.2 Å². The number of hydrogen-bond donors (Lipinski definition) is 0. The molecule has 0 spiro atoms. The van der Waals surface area contributed by atoms with Crippen molar-refractivity contribution in [1.29, 1.82) is 0 Å². The summed E-state index contributed by atoms with van der Waals surface area (Å²) in [6, 6.07) is 0. The Labute approximate surface area is 215 Å². The number of hydrogen-bond acceptors (Lipinski definition) is 12. The van der Waals surface area contributed by atoms with Gasteiger partial charge in [-0.1, -0.05) is 34.8 Å². The van der Waals surface area contributed by atoms with Gasteiger partial charge < -0.3 is 31.4 Å². The van der Waals surface area contributed by atoms with E-state index in [1.54, 1.807) is 0 Å². The van der Waals surface area contributed by atoms with Crippen LogP contribution < -0.4 is 12.4 Å². The van der Waals surface area contributed by atoms with Crippen LogP contribution >= 0.6 is 34.8 Å². The first-order valence-electron chi connectivity index (χ1n) is 8.48. The molecule has 2 heterocycles. The summed E-state index contributed by atoms with van der Waals surface area (Å²) in [6.07, 6.45) is 4.93. The second-order valence-electron chi connectivity index (χ2n) is 5.23. The van der Waals surface area contributed by atoms with Crippen LogP contribution in [0.5, 0.6) is 0 Å². The van der Waals surface area contributed by atoms with Crippen LogP contribution in [-0.2, 0) is 38.1 Å². The van der Waals surface area contributed by atoms with Gasteiger partial charge in [-0.15, -0.1) is 0 Å². The number of ether oxygens (including phenoxy) is 4. The van der Waals surface area contributed by atoms with Crippen LogP contribution in [0.25, 0.3) is 0 Å². The first kappa shape index (κ1) is 33.4. The van der Waals surface area contributed by atoms with Gasteiger partial charge in [0.15, 0.2) is 11.1 Å². The smallest absolute Gasteiger partial charge is 0.326 e. The van der Waals surface area contributed by atoms with Crippen molar-refractivity contribution in [2.24, 2.45) is 0 Å². The highest BCUT2D eigenvalue weighted by Gasteiger charge is 2.33. The van der Waals surface area contributed by atoms with Gasteiger partial charge in [-0.3, -0.25) is 19.2 Å². The summed E-state index contributed by atoms with van der Waals surface area (Å²) in [6.45, 7) is 0. The van der Waals surface area contributed by atoms with E-state index in [1.165, 1.54) is 39.3 Å². The van der Waals surface area contributed by atoms with Crippen molar-refractivity contribution in [2.45, 2.75) is 12.3 Å². The van der Waals surface area contributed by atoms with Crippen molar-refractivity contribution >= 4 is 58.7 Å². The molecule has 188 valence electrons. The number of rotatable bonds is 5. The Hall–Kier alpha value is -2.80. The Morgan fingerprint density at radius 3 is 1.53 bits per heavy atom. The van der Waals surface area contributed by atoms with Crippen LogP contribution in [0.15, 0.2) is 25.0 Å². The number of carbonyl (C=O) groups is 4. The van der Waals surface area contributed by atoms with E-state index in [-0.39, 0.29) is 29.5 Å². The number of nitrogens with zero attached hydrogens (tertiary/aromatic N) is 4. The van der Waals surface area contributed by atoms with Crippen LogP contribution in [0, 0.1) is 0 Å². The zero-order valence-corrected chi connectivity index (χ0v) is 21.2. The lowest BCUT2D eigenvalue weighted by Crippen LogP contribution is -3.00. The molecule has 0 radical (unpaired) electrons. The minimum absolute atomic E-state index is 0. The zero-order chi connectivity index (χ0) is 25.4. The van der Waals surface area contributed by atoms with E-state index in [0.717, 1.165) is 14.2 Å². The number of carbonyl (C=O) groups excluding carboxylic acids is 4. The van der Waals surface area contributed by atoms with Gasteiger partial charge in [0.2, 0.25) is 0 Å². The lowest BCUT2D eigenvalue weighted by Gasteiger charge is -2.12. The Morgan fingerprint density at radius 1 is 0.765 bits per heavy atom. The molecule has 0 fully saturated rings. The van der Waals surface area contributed by atoms with E-state index in [1.807, 2.05) is 0 Å². The summed E-state index contributed by atoms with van der Waals surface area (Å²) in [5.74, 6) is -4.02. The van der Waals surface area contributed by atoms with Crippen molar-refractivity contribution in [3.05, 3.63) is 45.9 Å². The van der Waals surface area contributed by atoms with Gasteiger partial charge in [0.1, 0.15) is 19.1 Å². The standard InChI is InChI=1S/C9H9ClN2O4.C5H8O4.C4H2Cl2N2.ClH/c1-15-8(13)6(9(14)16-2)7-5(10)3-11-4-12-7;1-8-4(6)3-5(7)9-2;5-3-1-7-2-8-4(3)6;/h3-4,6H,1-2H3;3H2,1-2H3;1-2H;1H/p-1. The highest BCUT2D eigenvalue weighted by Crippen LogP contribution is 2.23. The average Bonchev–Trinajstić information content (AvgIpc) is 2.82. The molecule has 0 aliphatic rings. The molecule has 0 aliphatic carbocycles. The Balaban J connectivity index is 0. The van der Waals surface area contributed by atoms with Gasteiger partial charge in [0.05, 0.1) is 50.4 Å². The number of halogens is 4. The van der Waals surface area contributed by atoms with Crippen LogP contribution in [0.3, 0.4) is 0 Å². The Bertz CT molecular complexity index is 901. The Morgan fingerprint density at radius 2 is 1.21 bits per heavy atom. The fourth-order valence-corrected chi connectivity index (χ4v) is 2.06. The molecule has 2 aromatic rings. The van der Waals surface area contributed by atoms with Gasteiger partial charge in [0, 0.05) is 6.20 Å². The van der Waals surface area contributed by atoms with E-state index in [2.05, 4.69) is 38.9 Å². The molecule has 0 aromatic carbocycles. The van der Waals surface area contributed by atoms with Crippen LogP contribution in [0.4, 0.5) is 0 Å². The maximum Gasteiger partial charge on any atom is 0.326 e. The van der Waals surface area contributed by atoms with Gasteiger partial charge >= 0.3 is 23.9 Å². The molecule has 16 heteroatoms. The van der Waals surface area contributed by atoms with Crippen LogP contribution in [-0.4, -0.2) is 72.3 Å². The molecule has 0 unspecified atom stereocenters. The number of aromatic nitrogens is 4. The fourth-order valence-electron chi connectivity index (χ4n) is 1.65. The zero-order valence-electron chi connectivity index (χ0n) is 18.2. The summed E-state index contributed by atoms with van der Waals surface area (Å²) in [5.41, 5.74) is 0.0652. The molecule has 2 aromatic heterocycles. The van der Waals surface area contributed by atoms with Crippen LogP contribution in [0.1, 0.15) is 18.0 Å². The van der Waals surface area contributed by atoms with Crippen molar-refractivity contribution in [1.82, 2.24) is 19.9 Å². The maximum atomic E-state index is 11.4. The first-order valence-corrected chi connectivity index (χ1v) is 9.61. The van der Waals surface area contributed by atoms with E-state index >= 15 is 0 Å². The third kappa shape index (κ3) is 12.4. The quantitative estimate of drug-likeness (QED) is 0.192. The molecule has 0 saturated carbocycles. The van der Waals surface area contributed by atoms with Crippen molar-refractivity contribution in [2.75, 3.05) is 28.4 Å². The topological polar surface area (TPSA) is 157 Å².